The molecule has 4 rings (SSSR count). The van der Waals surface area contributed by atoms with E-state index in [4.69, 9.17) is 4.74 Å². The molecule has 0 spiro atoms. The number of benzene rings is 2. The van der Waals surface area contributed by atoms with Crippen molar-refractivity contribution in [2.24, 2.45) is 0 Å². The van der Waals surface area contributed by atoms with Gasteiger partial charge in [-0.1, -0.05) is 42.5 Å². The number of likely N-dealkylation sites (tertiary alicyclic amines) is 1. The third kappa shape index (κ3) is 5.49. The van der Waals surface area contributed by atoms with Crippen molar-refractivity contribution in [2.45, 2.75) is 38.8 Å². The van der Waals surface area contributed by atoms with Crippen LogP contribution in [0.1, 0.15) is 30.9 Å². The lowest BCUT2D eigenvalue weighted by Gasteiger charge is -2.26. The van der Waals surface area contributed by atoms with Crippen molar-refractivity contribution >= 4 is 11.8 Å². The number of nitrogens with zero attached hydrogens (tertiary/aromatic N) is 3. The highest BCUT2D eigenvalue weighted by molar-refractivity contribution is 5.84. The van der Waals surface area contributed by atoms with Crippen LogP contribution < -0.4 is 4.74 Å². The maximum atomic E-state index is 13.0. The van der Waals surface area contributed by atoms with Gasteiger partial charge in [0.2, 0.25) is 11.8 Å². The SMILES string of the molecule is CCOc1ccc(CC(=O)N2CCCN([C@@H]3CCN(Cc4ccccc4)C3=O)CC2)cc1. The van der Waals surface area contributed by atoms with Crippen LogP contribution in [-0.2, 0) is 22.6 Å². The molecule has 2 amide bonds. The smallest absolute Gasteiger partial charge is 0.240 e. The van der Waals surface area contributed by atoms with Crippen LogP contribution in [0.15, 0.2) is 54.6 Å². The summed E-state index contributed by atoms with van der Waals surface area (Å²) in [6.07, 6.45) is 2.17. The molecule has 2 aliphatic heterocycles. The number of carbonyl (C=O) groups excluding carboxylic acids is 2. The van der Waals surface area contributed by atoms with E-state index in [1.807, 2.05) is 59.2 Å². The van der Waals surface area contributed by atoms with E-state index in [1.54, 1.807) is 0 Å². The molecule has 0 N–H and O–H groups in total. The lowest BCUT2D eigenvalue weighted by molar-refractivity contribution is -0.132. The summed E-state index contributed by atoms with van der Waals surface area (Å²) in [5, 5.41) is 0. The number of hydrogen-bond acceptors (Lipinski definition) is 4. The van der Waals surface area contributed by atoms with E-state index in [0.29, 0.717) is 26.1 Å². The summed E-state index contributed by atoms with van der Waals surface area (Å²) in [7, 11) is 0. The normalized spacial score (nSPS) is 19.8. The molecule has 0 aliphatic carbocycles. The average Bonchev–Trinajstić information content (AvgIpc) is 3.01. The van der Waals surface area contributed by atoms with E-state index >= 15 is 0 Å². The molecule has 170 valence electrons. The van der Waals surface area contributed by atoms with Crippen LogP contribution in [0.25, 0.3) is 0 Å². The van der Waals surface area contributed by atoms with E-state index in [-0.39, 0.29) is 17.9 Å². The molecule has 0 radical (unpaired) electrons. The Bertz CT molecular complexity index is 900. The number of carbonyl (C=O) groups is 2. The standard InChI is InChI=1S/C26H33N3O3/c1-2-32-23-11-9-21(10-12-23)19-25(30)28-15-6-14-27(17-18-28)24-13-16-29(26(24)31)20-22-7-4-3-5-8-22/h3-5,7-12,24H,2,6,13-20H2,1H3/t24-/m1/s1. The van der Waals surface area contributed by atoms with Gasteiger partial charge in [0.25, 0.3) is 0 Å². The van der Waals surface area contributed by atoms with Crippen molar-refractivity contribution in [1.82, 2.24) is 14.7 Å². The Labute approximate surface area is 190 Å². The molecule has 1 atom stereocenters. The molecule has 6 heteroatoms. The fourth-order valence-corrected chi connectivity index (χ4v) is 4.68. The van der Waals surface area contributed by atoms with E-state index in [0.717, 1.165) is 50.3 Å². The Hall–Kier alpha value is -2.86. The van der Waals surface area contributed by atoms with Crippen molar-refractivity contribution in [3.05, 3.63) is 65.7 Å². The van der Waals surface area contributed by atoms with Gasteiger partial charge in [-0.2, -0.15) is 0 Å². The quantitative estimate of drug-likeness (QED) is 0.671. The second kappa shape index (κ2) is 10.6. The molecule has 2 heterocycles. The lowest BCUT2D eigenvalue weighted by Crippen LogP contribution is -2.44. The van der Waals surface area contributed by atoms with E-state index in [9.17, 15) is 9.59 Å². The Morgan fingerprint density at radius 3 is 2.47 bits per heavy atom. The van der Waals surface area contributed by atoms with Gasteiger partial charge in [0, 0.05) is 39.3 Å². The molecule has 2 fully saturated rings. The van der Waals surface area contributed by atoms with Gasteiger partial charge >= 0.3 is 0 Å². The molecule has 0 bridgehead atoms. The first-order valence-electron chi connectivity index (χ1n) is 11.7. The van der Waals surface area contributed by atoms with Gasteiger partial charge in [-0.3, -0.25) is 14.5 Å². The van der Waals surface area contributed by atoms with Crippen LogP contribution in [0.4, 0.5) is 0 Å². The first-order chi connectivity index (χ1) is 15.6. The average molecular weight is 436 g/mol. The number of amides is 2. The van der Waals surface area contributed by atoms with Crippen molar-refractivity contribution in [3.8, 4) is 5.75 Å². The monoisotopic (exact) mass is 435 g/mol. The summed E-state index contributed by atoms with van der Waals surface area (Å²) < 4.78 is 5.48. The second-order valence-electron chi connectivity index (χ2n) is 8.57. The van der Waals surface area contributed by atoms with Crippen LogP contribution in [0.5, 0.6) is 5.75 Å². The maximum absolute atomic E-state index is 13.0. The zero-order valence-corrected chi connectivity index (χ0v) is 18.9. The van der Waals surface area contributed by atoms with Gasteiger partial charge in [0.1, 0.15) is 5.75 Å². The van der Waals surface area contributed by atoms with Crippen molar-refractivity contribution in [3.63, 3.8) is 0 Å². The van der Waals surface area contributed by atoms with E-state index in [2.05, 4.69) is 17.0 Å². The summed E-state index contributed by atoms with van der Waals surface area (Å²) in [5.74, 6) is 1.21. The van der Waals surface area contributed by atoms with Crippen LogP contribution in [0.3, 0.4) is 0 Å². The third-order valence-corrected chi connectivity index (χ3v) is 6.40. The van der Waals surface area contributed by atoms with Crippen molar-refractivity contribution in [1.29, 1.82) is 0 Å². The molecule has 2 saturated heterocycles. The van der Waals surface area contributed by atoms with Crippen LogP contribution in [0.2, 0.25) is 0 Å². The number of rotatable bonds is 7. The predicted molar refractivity (Wildman–Crippen MR) is 124 cm³/mol. The summed E-state index contributed by atoms with van der Waals surface area (Å²) in [6.45, 7) is 7.12. The zero-order valence-electron chi connectivity index (χ0n) is 18.9. The van der Waals surface area contributed by atoms with E-state index in [1.165, 1.54) is 5.56 Å². The summed E-state index contributed by atoms with van der Waals surface area (Å²) in [4.78, 5) is 32.1. The fraction of sp³-hybridized carbons (Fsp3) is 0.462. The van der Waals surface area contributed by atoms with Crippen molar-refractivity contribution in [2.75, 3.05) is 39.3 Å². The van der Waals surface area contributed by atoms with Gasteiger partial charge in [-0.15, -0.1) is 0 Å². The highest BCUT2D eigenvalue weighted by Gasteiger charge is 2.36. The largest absolute Gasteiger partial charge is 0.494 e. The molecule has 6 nitrogen and oxygen atoms in total. The van der Waals surface area contributed by atoms with Gasteiger partial charge in [-0.05, 0) is 43.0 Å². The Morgan fingerprint density at radius 1 is 0.938 bits per heavy atom. The topological polar surface area (TPSA) is 53.1 Å². The molecular weight excluding hydrogens is 402 g/mol. The minimum absolute atomic E-state index is 0.0557. The van der Waals surface area contributed by atoms with Crippen molar-refractivity contribution < 1.29 is 14.3 Å². The first kappa shape index (κ1) is 22.3. The highest BCUT2D eigenvalue weighted by Crippen LogP contribution is 2.21. The molecular formula is C26H33N3O3. The minimum atomic E-state index is -0.0557. The molecule has 0 unspecified atom stereocenters. The van der Waals surface area contributed by atoms with Gasteiger partial charge in [-0.25, -0.2) is 0 Å². The lowest BCUT2D eigenvalue weighted by atomic mass is 10.1. The number of hydrogen-bond donors (Lipinski definition) is 0. The Kier molecular flexibility index (Phi) is 7.43. The van der Waals surface area contributed by atoms with Gasteiger partial charge in [0.05, 0.1) is 19.1 Å². The first-order valence-corrected chi connectivity index (χ1v) is 11.7. The highest BCUT2D eigenvalue weighted by atomic mass is 16.5. The third-order valence-electron chi connectivity index (χ3n) is 6.40. The zero-order chi connectivity index (χ0) is 22.3. The molecule has 2 aromatic carbocycles. The second-order valence-corrected chi connectivity index (χ2v) is 8.57. The van der Waals surface area contributed by atoms with Crippen LogP contribution in [-0.4, -0.2) is 71.9 Å². The van der Waals surface area contributed by atoms with Crippen LogP contribution in [0, 0.1) is 0 Å². The summed E-state index contributed by atoms with van der Waals surface area (Å²) in [6, 6.07) is 17.9. The van der Waals surface area contributed by atoms with Crippen LogP contribution >= 0.6 is 0 Å². The van der Waals surface area contributed by atoms with E-state index < -0.39 is 0 Å². The molecule has 0 saturated carbocycles. The number of ether oxygens (including phenoxy) is 1. The summed E-state index contributed by atoms with van der Waals surface area (Å²) in [5.41, 5.74) is 2.17. The molecule has 32 heavy (non-hydrogen) atoms. The summed E-state index contributed by atoms with van der Waals surface area (Å²) >= 11 is 0. The minimum Gasteiger partial charge on any atom is -0.494 e. The Morgan fingerprint density at radius 2 is 1.72 bits per heavy atom. The van der Waals surface area contributed by atoms with Gasteiger partial charge < -0.3 is 14.5 Å². The maximum Gasteiger partial charge on any atom is 0.240 e. The van der Waals surface area contributed by atoms with Gasteiger partial charge in [0.15, 0.2) is 0 Å². The molecule has 2 aromatic rings. The fourth-order valence-electron chi connectivity index (χ4n) is 4.68. The Balaban J connectivity index is 1.29. The molecule has 0 aromatic heterocycles. The molecule has 2 aliphatic rings. The predicted octanol–water partition coefficient (Wildman–Crippen LogP) is 2.96.